The van der Waals surface area contributed by atoms with Crippen molar-refractivity contribution in [3.05, 3.63) is 29.6 Å². The molecule has 0 saturated carbocycles. The van der Waals surface area contributed by atoms with Gasteiger partial charge in [0.15, 0.2) is 0 Å². The SMILES string of the molecule is CC(CCCNC(C)(C)C)N1CCc2ccc(F)cc21. The van der Waals surface area contributed by atoms with Crippen molar-refractivity contribution in [2.24, 2.45) is 0 Å². The Morgan fingerprint density at radius 2 is 2.10 bits per heavy atom. The van der Waals surface area contributed by atoms with E-state index < -0.39 is 0 Å². The van der Waals surface area contributed by atoms with Crippen molar-refractivity contribution >= 4 is 5.69 Å². The highest BCUT2D eigenvalue weighted by molar-refractivity contribution is 5.58. The number of halogens is 1. The standard InChI is InChI=1S/C17H27FN2/c1-13(6-5-10-19-17(2,3)4)20-11-9-14-7-8-15(18)12-16(14)20/h7-8,12-13,19H,5-6,9-11H2,1-4H3. The van der Waals surface area contributed by atoms with Crippen molar-refractivity contribution in [2.45, 2.75) is 58.5 Å². The van der Waals surface area contributed by atoms with E-state index in [9.17, 15) is 4.39 Å². The Labute approximate surface area is 122 Å². The van der Waals surface area contributed by atoms with E-state index in [-0.39, 0.29) is 11.4 Å². The van der Waals surface area contributed by atoms with Crippen molar-refractivity contribution in [1.29, 1.82) is 0 Å². The first-order valence-electron chi connectivity index (χ1n) is 7.67. The second kappa shape index (κ2) is 6.13. The van der Waals surface area contributed by atoms with Gasteiger partial charge < -0.3 is 10.2 Å². The van der Waals surface area contributed by atoms with Gasteiger partial charge in [-0.15, -0.1) is 0 Å². The van der Waals surface area contributed by atoms with E-state index in [1.165, 1.54) is 5.56 Å². The van der Waals surface area contributed by atoms with E-state index >= 15 is 0 Å². The Kier molecular flexibility index (Phi) is 4.69. The zero-order chi connectivity index (χ0) is 14.8. The van der Waals surface area contributed by atoms with Gasteiger partial charge in [0.05, 0.1) is 0 Å². The maximum atomic E-state index is 13.4. The summed E-state index contributed by atoms with van der Waals surface area (Å²) in [4.78, 5) is 2.36. The monoisotopic (exact) mass is 278 g/mol. The number of benzene rings is 1. The number of nitrogens with one attached hydrogen (secondary N) is 1. The highest BCUT2D eigenvalue weighted by Crippen LogP contribution is 2.31. The van der Waals surface area contributed by atoms with Crippen LogP contribution in [0.5, 0.6) is 0 Å². The molecule has 1 heterocycles. The third-order valence-electron chi connectivity index (χ3n) is 3.96. The van der Waals surface area contributed by atoms with E-state index in [0.29, 0.717) is 6.04 Å². The molecule has 3 heteroatoms. The fourth-order valence-electron chi connectivity index (χ4n) is 2.85. The molecule has 0 radical (unpaired) electrons. The lowest BCUT2D eigenvalue weighted by atomic mass is 10.1. The second-order valence-electron chi connectivity index (χ2n) is 6.88. The number of fused-ring (bicyclic) bond motifs is 1. The number of nitrogens with zero attached hydrogens (tertiary/aromatic N) is 1. The van der Waals surface area contributed by atoms with Crippen LogP contribution in [-0.2, 0) is 6.42 Å². The van der Waals surface area contributed by atoms with Gasteiger partial charge in [0.2, 0.25) is 0 Å². The molecule has 1 N–H and O–H groups in total. The number of hydrogen-bond donors (Lipinski definition) is 1. The molecule has 1 unspecified atom stereocenters. The van der Waals surface area contributed by atoms with Gasteiger partial charge in [-0.3, -0.25) is 0 Å². The maximum Gasteiger partial charge on any atom is 0.125 e. The number of rotatable bonds is 5. The van der Waals surface area contributed by atoms with Crippen LogP contribution in [0.2, 0.25) is 0 Å². The summed E-state index contributed by atoms with van der Waals surface area (Å²) >= 11 is 0. The smallest absolute Gasteiger partial charge is 0.125 e. The molecule has 0 aliphatic carbocycles. The van der Waals surface area contributed by atoms with Crippen LogP contribution >= 0.6 is 0 Å². The normalized spacial score (nSPS) is 16.4. The molecule has 1 aromatic carbocycles. The quantitative estimate of drug-likeness (QED) is 0.825. The first-order chi connectivity index (χ1) is 9.37. The highest BCUT2D eigenvalue weighted by Gasteiger charge is 2.23. The van der Waals surface area contributed by atoms with Crippen molar-refractivity contribution in [1.82, 2.24) is 5.32 Å². The topological polar surface area (TPSA) is 15.3 Å². The minimum atomic E-state index is -0.128. The van der Waals surface area contributed by atoms with Crippen LogP contribution in [0.25, 0.3) is 0 Å². The lowest BCUT2D eigenvalue weighted by Crippen LogP contribution is -2.37. The van der Waals surface area contributed by atoms with E-state index in [0.717, 1.165) is 38.0 Å². The van der Waals surface area contributed by atoms with Crippen LogP contribution in [0.4, 0.5) is 10.1 Å². The molecule has 0 fully saturated rings. The van der Waals surface area contributed by atoms with E-state index in [1.54, 1.807) is 12.1 Å². The lowest BCUT2D eigenvalue weighted by Gasteiger charge is -2.28. The van der Waals surface area contributed by atoms with E-state index in [4.69, 9.17) is 0 Å². The van der Waals surface area contributed by atoms with Crippen molar-refractivity contribution in [3.63, 3.8) is 0 Å². The molecule has 2 rings (SSSR count). The van der Waals surface area contributed by atoms with Gasteiger partial charge in [-0.05, 0) is 71.2 Å². The molecule has 0 aromatic heterocycles. The third-order valence-corrected chi connectivity index (χ3v) is 3.96. The van der Waals surface area contributed by atoms with Crippen molar-refractivity contribution in [3.8, 4) is 0 Å². The molecule has 0 saturated heterocycles. The van der Waals surface area contributed by atoms with Gasteiger partial charge in [-0.2, -0.15) is 0 Å². The Morgan fingerprint density at radius 1 is 1.35 bits per heavy atom. The lowest BCUT2D eigenvalue weighted by molar-refractivity contribution is 0.412. The van der Waals surface area contributed by atoms with Crippen molar-refractivity contribution in [2.75, 3.05) is 18.0 Å². The van der Waals surface area contributed by atoms with E-state index in [1.807, 2.05) is 6.07 Å². The van der Waals surface area contributed by atoms with Gasteiger partial charge >= 0.3 is 0 Å². The summed E-state index contributed by atoms with van der Waals surface area (Å²) in [7, 11) is 0. The van der Waals surface area contributed by atoms with Gasteiger partial charge in [0.1, 0.15) is 5.82 Å². The largest absolute Gasteiger partial charge is 0.368 e. The highest BCUT2D eigenvalue weighted by atomic mass is 19.1. The zero-order valence-corrected chi connectivity index (χ0v) is 13.2. The second-order valence-corrected chi connectivity index (χ2v) is 6.88. The summed E-state index contributed by atoms with van der Waals surface area (Å²) < 4.78 is 13.4. The van der Waals surface area contributed by atoms with Crippen LogP contribution in [0, 0.1) is 5.82 Å². The van der Waals surface area contributed by atoms with Crippen LogP contribution in [0.3, 0.4) is 0 Å². The summed E-state index contributed by atoms with van der Waals surface area (Å²) in [5.74, 6) is -0.128. The summed E-state index contributed by atoms with van der Waals surface area (Å²) in [5, 5.41) is 3.52. The summed E-state index contributed by atoms with van der Waals surface area (Å²) in [6.45, 7) is 10.9. The Morgan fingerprint density at radius 3 is 2.80 bits per heavy atom. The molecular weight excluding hydrogens is 251 g/mol. The number of anilines is 1. The fourth-order valence-corrected chi connectivity index (χ4v) is 2.85. The summed E-state index contributed by atoms with van der Waals surface area (Å²) in [5.41, 5.74) is 2.57. The molecule has 0 bridgehead atoms. The van der Waals surface area contributed by atoms with Crippen molar-refractivity contribution < 1.29 is 4.39 Å². The van der Waals surface area contributed by atoms with Crippen LogP contribution in [0.1, 0.15) is 46.1 Å². The van der Waals surface area contributed by atoms with Crippen LogP contribution in [0.15, 0.2) is 18.2 Å². The Bertz CT molecular complexity index is 451. The Hall–Kier alpha value is -1.09. The van der Waals surface area contributed by atoms with Gasteiger partial charge in [0.25, 0.3) is 0 Å². The molecule has 0 spiro atoms. The molecule has 0 amide bonds. The zero-order valence-electron chi connectivity index (χ0n) is 13.2. The first-order valence-corrected chi connectivity index (χ1v) is 7.67. The predicted molar refractivity (Wildman–Crippen MR) is 83.9 cm³/mol. The van der Waals surface area contributed by atoms with Crippen LogP contribution in [-0.4, -0.2) is 24.7 Å². The maximum absolute atomic E-state index is 13.4. The van der Waals surface area contributed by atoms with E-state index in [2.05, 4.69) is 37.9 Å². The first kappa shape index (κ1) is 15.3. The molecule has 2 nitrogen and oxygen atoms in total. The summed E-state index contributed by atoms with van der Waals surface area (Å²) in [6, 6.07) is 5.66. The molecule has 112 valence electrons. The third kappa shape index (κ3) is 3.95. The molecule has 1 aliphatic heterocycles. The minimum absolute atomic E-state index is 0.128. The minimum Gasteiger partial charge on any atom is -0.368 e. The predicted octanol–water partition coefficient (Wildman–Crippen LogP) is 3.75. The molecule has 20 heavy (non-hydrogen) atoms. The molecule has 1 aromatic rings. The average molecular weight is 278 g/mol. The molecule has 1 aliphatic rings. The van der Waals surface area contributed by atoms with Gasteiger partial charge in [0, 0.05) is 23.8 Å². The molecule has 1 atom stereocenters. The van der Waals surface area contributed by atoms with Gasteiger partial charge in [-0.25, -0.2) is 4.39 Å². The summed E-state index contributed by atoms with van der Waals surface area (Å²) in [6.07, 6.45) is 3.33. The average Bonchev–Trinajstić information content (AvgIpc) is 2.76. The van der Waals surface area contributed by atoms with Gasteiger partial charge in [-0.1, -0.05) is 6.07 Å². The Balaban J connectivity index is 1.86. The fraction of sp³-hybridized carbons (Fsp3) is 0.647. The van der Waals surface area contributed by atoms with Crippen LogP contribution < -0.4 is 10.2 Å². The number of hydrogen-bond acceptors (Lipinski definition) is 2. The molecular formula is C17H27FN2.